The Morgan fingerprint density at radius 1 is 1.25 bits per heavy atom. The highest BCUT2D eigenvalue weighted by molar-refractivity contribution is 7.10. The monoisotopic (exact) mass is 504 g/mol. The second kappa shape index (κ2) is 9.24. The highest BCUT2D eigenvalue weighted by Crippen LogP contribution is 2.38. The van der Waals surface area contributed by atoms with Gasteiger partial charge in [0, 0.05) is 52.6 Å². The van der Waals surface area contributed by atoms with Crippen molar-refractivity contribution < 1.29 is 14.3 Å². The zero-order valence-electron chi connectivity index (χ0n) is 21.4. The van der Waals surface area contributed by atoms with Gasteiger partial charge in [-0.25, -0.2) is 9.78 Å². The van der Waals surface area contributed by atoms with Crippen molar-refractivity contribution in [2.45, 2.75) is 59.0 Å². The molecule has 2 N–H and O–H groups in total. The summed E-state index contributed by atoms with van der Waals surface area (Å²) in [4.78, 5) is 35.4. The minimum absolute atomic E-state index is 0.0998. The molecule has 1 unspecified atom stereocenters. The van der Waals surface area contributed by atoms with E-state index in [1.807, 2.05) is 58.9 Å². The maximum Gasteiger partial charge on any atom is 0.410 e. The van der Waals surface area contributed by atoms with Crippen molar-refractivity contribution in [3.8, 4) is 11.3 Å². The van der Waals surface area contributed by atoms with E-state index in [2.05, 4.69) is 21.7 Å². The minimum Gasteiger partial charge on any atom is -0.444 e. The number of carbonyl (C=O) groups is 2. The van der Waals surface area contributed by atoms with E-state index in [0.29, 0.717) is 18.7 Å². The lowest BCUT2D eigenvalue weighted by Gasteiger charge is -2.33. The smallest absolute Gasteiger partial charge is 0.410 e. The van der Waals surface area contributed by atoms with Crippen LogP contribution in [0.3, 0.4) is 0 Å². The van der Waals surface area contributed by atoms with Crippen LogP contribution < -0.4 is 5.32 Å². The molecule has 2 aliphatic heterocycles. The third-order valence-electron chi connectivity index (χ3n) is 6.52. The maximum atomic E-state index is 12.7. The van der Waals surface area contributed by atoms with Gasteiger partial charge in [-0.3, -0.25) is 4.79 Å². The molecular formula is C28H32N4O3S. The number of likely N-dealkylation sites (tertiary alicyclic amines) is 1. The van der Waals surface area contributed by atoms with Crippen LogP contribution in [0.25, 0.3) is 22.9 Å². The Hall–Kier alpha value is -3.39. The number of hydrogen-bond acceptors (Lipinski definition) is 5. The standard InChI is InChI=1S/C28H32N4O3S/c1-16-11-17(2)29-23(16)13-21-20-12-18(8-9-22(20)30-25(21)33)24-15-36-26(31-24)19-7-6-10-32(14-19)27(34)35-28(3,4)5/h8-9,11-13,15,19,29H,6-7,10,14H2,1-5H3,(H,30,33)/b21-13-. The molecule has 36 heavy (non-hydrogen) atoms. The number of anilines is 1. The Labute approximate surface area is 215 Å². The van der Waals surface area contributed by atoms with Crippen LogP contribution in [0.5, 0.6) is 0 Å². The second-order valence-corrected chi connectivity index (χ2v) is 11.5. The van der Waals surface area contributed by atoms with Gasteiger partial charge in [-0.2, -0.15) is 0 Å². The molecular weight excluding hydrogens is 472 g/mol. The maximum absolute atomic E-state index is 12.7. The van der Waals surface area contributed by atoms with Gasteiger partial charge in [0.05, 0.1) is 16.3 Å². The number of piperidine rings is 1. The van der Waals surface area contributed by atoms with Crippen molar-refractivity contribution in [1.82, 2.24) is 14.9 Å². The number of ether oxygens (including phenoxy) is 1. The van der Waals surface area contributed by atoms with E-state index >= 15 is 0 Å². The number of amides is 2. The van der Waals surface area contributed by atoms with E-state index in [9.17, 15) is 9.59 Å². The summed E-state index contributed by atoms with van der Waals surface area (Å²) < 4.78 is 5.58. The van der Waals surface area contributed by atoms with Crippen molar-refractivity contribution in [3.05, 3.63) is 57.2 Å². The Morgan fingerprint density at radius 2 is 2.06 bits per heavy atom. The van der Waals surface area contributed by atoms with Crippen LogP contribution in [-0.2, 0) is 9.53 Å². The topological polar surface area (TPSA) is 87.3 Å². The number of nitrogens with one attached hydrogen (secondary N) is 2. The summed E-state index contributed by atoms with van der Waals surface area (Å²) >= 11 is 1.63. The van der Waals surface area contributed by atoms with E-state index in [4.69, 9.17) is 9.72 Å². The first-order valence-corrected chi connectivity index (χ1v) is 13.2. The SMILES string of the molecule is Cc1cc(C)c(/C=C2\C(=O)Nc3ccc(-c4csc(C5CCCN(C(=O)OC(C)(C)C)C5)n4)cc32)[nH]1. The number of thiazole rings is 1. The molecule has 1 saturated heterocycles. The lowest BCUT2D eigenvalue weighted by Crippen LogP contribution is -2.42. The van der Waals surface area contributed by atoms with E-state index in [1.165, 1.54) is 0 Å². The summed E-state index contributed by atoms with van der Waals surface area (Å²) in [7, 11) is 0. The number of fused-ring (bicyclic) bond motifs is 1. The molecule has 0 spiro atoms. The zero-order chi connectivity index (χ0) is 25.6. The molecule has 1 atom stereocenters. The van der Waals surface area contributed by atoms with E-state index in [-0.39, 0.29) is 17.9 Å². The first-order chi connectivity index (χ1) is 17.1. The molecule has 8 heteroatoms. The van der Waals surface area contributed by atoms with Crippen LogP contribution in [0.1, 0.15) is 67.1 Å². The predicted molar refractivity (Wildman–Crippen MR) is 144 cm³/mol. The number of rotatable bonds is 3. The fourth-order valence-electron chi connectivity index (χ4n) is 4.81. The number of carbonyl (C=O) groups excluding carboxylic acids is 2. The lowest BCUT2D eigenvalue weighted by atomic mass is 9.99. The highest BCUT2D eigenvalue weighted by Gasteiger charge is 2.30. The van der Waals surface area contributed by atoms with Crippen molar-refractivity contribution in [2.24, 2.45) is 0 Å². The molecule has 0 saturated carbocycles. The number of H-pyrrole nitrogens is 1. The van der Waals surface area contributed by atoms with Gasteiger partial charge in [-0.05, 0) is 77.3 Å². The number of aromatic nitrogens is 2. The Kier molecular flexibility index (Phi) is 6.24. The molecule has 0 bridgehead atoms. The summed E-state index contributed by atoms with van der Waals surface area (Å²) in [6.07, 6.45) is 3.59. The molecule has 2 aliphatic rings. The van der Waals surface area contributed by atoms with Gasteiger partial charge in [0.25, 0.3) is 5.91 Å². The summed E-state index contributed by atoms with van der Waals surface area (Å²) in [5.41, 5.74) is 6.80. The molecule has 1 fully saturated rings. The molecule has 7 nitrogen and oxygen atoms in total. The van der Waals surface area contributed by atoms with Gasteiger partial charge in [-0.15, -0.1) is 11.3 Å². The van der Waals surface area contributed by atoms with E-state index in [1.54, 1.807) is 16.2 Å². The highest BCUT2D eigenvalue weighted by atomic mass is 32.1. The lowest BCUT2D eigenvalue weighted by molar-refractivity contribution is -0.110. The predicted octanol–water partition coefficient (Wildman–Crippen LogP) is 6.36. The molecule has 1 aromatic carbocycles. The van der Waals surface area contributed by atoms with Crippen LogP contribution >= 0.6 is 11.3 Å². The first-order valence-electron chi connectivity index (χ1n) is 12.3. The molecule has 4 heterocycles. The molecule has 5 rings (SSSR count). The van der Waals surface area contributed by atoms with Crippen LogP contribution in [0.4, 0.5) is 10.5 Å². The van der Waals surface area contributed by atoms with Crippen LogP contribution in [0, 0.1) is 13.8 Å². The molecule has 0 aliphatic carbocycles. The number of aromatic amines is 1. The molecule has 0 radical (unpaired) electrons. The number of benzene rings is 1. The van der Waals surface area contributed by atoms with Crippen molar-refractivity contribution >= 4 is 40.7 Å². The first kappa shape index (κ1) is 24.3. The number of nitrogens with zero attached hydrogens (tertiary/aromatic N) is 2. The number of aryl methyl sites for hydroxylation is 2. The minimum atomic E-state index is -0.506. The Balaban J connectivity index is 1.38. The van der Waals surface area contributed by atoms with Crippen molar-refractivity contribution in [1.29, 1.82) is 0 Å². The largest absolute Gasteiger partial charge is 0.444 e. The molecule has 3 aromatic rings. The molecule has 2 amide bonds. The quantitative estimate of drug-likeness (QED) is 0.406. The van der Waals surface area contributed by atoms with E-state index < -0.39 is 5.60 Å². The van der Waals surface area contributed by atoms with Gasteiger partial charge in [0.15, 0.2) is 0 Å². The van der Waals surface area contributed by atoms with Crippen LogP contribution in [0.15, 0.2) is 29.6 Å². The summed E-state index contributed by atoms with van der Waals surface area (Å²) in [6, 6.07) is 8.05. The van der Waals surface area contributed by atoms with Crippen LogP contribution in [0.2, 0.25) is 0 Å². The zero-order valence-corrected chi connectivity index (χ0v) is 22.2. The van der Waals surface area contributed by atoms with Gasteiger partial charge in [0.1, 0.15) is 5.60 Å². The van der Waals surface area contributed by atoms with E-state index in [0.717, 1.165) is 57.3 Å². The van der Waals surface area contributed by atoms with Gasteiger partial charge < -0.3 is 19.9 Å². The van der Waals surface area contributed by atoms with Crippen molar-refractivity contribution in [2.75, 3.05) is 18.4 Å². The second-order valence-electron chi connectivity index (χ2n) is 10.7. The fraction of sp³-hybridized carbons (Fsp3) is 0.393. The number of hydrogen-bond donors (Lipinski definition) is 2. The third kappa shape index (κ3) is 4.95. The normalized spacial score (nSPS) is 18.9. The van der Waals surface area contributed by atoms with Crippen LogP contribution in [-0.4, -0.2) is 45.6 Å². The van der Waals surface area contributed by atoms with Gasteiger partial charge in [0.2, 0.25) is 0 Å². The van der Waals surface area contributed by atoms with Crippen molar-refractivity contribution in [3.63, 3.8) is 0 Å². The summed E-state index contributed by atoms with van der Waals surface area (Å²) in [6.45, 7) is 11.0. The summed E-state index contributed by atoms with van der Waals surface area (Å²) in [5, 5.41) is 6.07. The average molecular weight is 505 g/mol. The van der Waals surface area contributed by atoms with Gasteiger partial charge >= 0.3 is 6.09 Å². The third-order valence-corrected chi connectivity index (χ3v) is 7.53. The fourth-order valence-corrected chi connectivity index (χ4v) is 5.77. The molecule has 2 aromatic heterocycles. The average Bonchev–Trinajstić information content (AvgIpc) is 3.50. The molecule has 188 valence electrons. The van der Waals surface area contributed by atoms with Gasteiger partial charge in [-0.1, -0.05) is 6.07 Å². The Bertz CT molecular complexity index is 1360. The Morgan fingerprint density at radius 3 is 2.78 bits per heavy atom. The summed E-state index contributed by atoms with van der Waals surface area (Å²) in [5.74, 6) is 0.0921.